The van der Waals surface area contributed by atoms with Crippen molar-refractivity contribution >= 4 is 23.2 Å². The highest BCUT2D eigenvalue weighted by Gasteiger charge is 2.13. The summed E-state index contributed by atoms with van der Waals surface area (Å²) in [6.45, 7) is 3.71. The molecule has 2 amide bonds. The zero-order chi connectivity index (χ0) is 19.2. The van der Waals surface area contributed by atoms with Crippen LogP contribution >= 0.6 is 0 Å². The lowest BCUT2D eigenvalue weighted by molar-refractivity contribution is -0.115. The summed E-state index contributed by atoms with van der Waals surface area (Å²) in [5.74, 6) is -0.203. The molecule has 3 aromatic carbocycles. The SMILES string of the molecule is CCC(=O)Nc1ccc(NC(=O)c2ccccc2-c2ccccc2)cc1C. The number of aryl methyl sites for hydroxylation is 1. The van der Waals surface area contributed by atoms with Crippen molar-refractivity contribution in [1.29, 1.82) is 0 Å². The summed E-state index contributed by atoms with van der Waals surface area (Å²) in [7, 11) is 0. The summed E-state index contributed by atoms with van der Waals surface area (Å²) in [6, 6.07) is 22.8. The molecule has 0 unspecified atom stereocenters. The minimum atomic E-state index is -0.167. The lowest BCUT2D eigenvalue weighted by Crippen LogP contribution is -2.14. The van der Waals surface area contributed by atoms with Gasteiger partial charge in [-0.05, 0) is 47.9 Å². The van der Waals surface area contributed by atoms with Gasteiger partial charge in [0.2, 0.25) is 5.91 Å². The largest absolute Gasteiger partial charge is 0.326 e. The van der Waals surface area contributed by atoms with Crippen molar-refractivity contribution in [2.45, 2.75) is 20.3 Å². The van der Waals surface area contributed by atoms with Crippen LogP contribution in [-0.2, 0) is 4.79 Å². The van der Waals surface area contributed by atoms with E-state index in [1.54, 1.807) is 6.07 Å². The predicted octanol–water partition coefficient (Wildman–Crippen LogP) is 5.26. The first-order valence-electron chi connectivity index (χ1n) is 8.94. The quantitative estimate of drug-likeness (QED) is 0.653. The molecule has 27 heavy (non-hydrogen) atoms. The molecule has 0 spiro atoms. The van der Waals surface area contributed by atoms with E-state index < -0.39 is 0 Å². The number of hydrogen-bond acceptors (Lipinski definition) is 2. The zero-order valence-corrected chi connectivity index (χ0v) is 15.5. The minimum Gasteiger partial charge on any atom is -0.326 e. The van der Waals surface area contributed by atoms with Gasteiger partial charge in [0.05, 0.1) is 0 Å². The van der Waals surface area contributed by atoms with Gasteiger partial charge >= 0.3 is 0 Å². The van der Waals surface area contributed by atoms with Crippen molar-refractivity contribution < 1.29 is 9.59 Å². The summed E-state index contributed by atoms with van der Waals surface area (Å²) in [4.78, 5) is 24.4. The topological polar surface area (TPSA) is 58.2 Å². The first kappa shape index (κ1) is 18.4. The Balaban J connectivity index is 1.83. The fourth-order valence-electron chi connectivity index (χ4n) is 2.87. The van der Waals surface area contributed by atoms with Gasteiger partial charge in [0.25, 0.3) is 5.91 Å². The Kier molecular flexibility index (Phi) is 5.67. The molecule has 0 heterocycles. The van der Waals surface area contributed by atoms with Crippen LogP contribution in [0.4, 0.5) is 11.4 Å². The molecular weight excluding hydrogens is 336 g/mol. The van der Waals surface area contributed by atoms with Crippen LogP contribution < -0.4 is 10.6 Å². The summed E-state index contributed by atoms with van der Waals surface area (Å²) in [6.07, 6.45) is 0.425. The zero-order valence-electron chi connectivity index (χ0n) is 15.5. The maximum absolute atomic E-state index is 12.8. The van der Waals surface area contributed by atoms with E-state index in [-0.39, 0.29) is 11.8 Å². The van der Waals surface area contributed by atoms with Crippen molar-refractivity contribution in [1.82, 2.24) is 0 Å². The van der Waals surface area contributed by atoms with E-state index in [2.05, 4.69) is 10.6 Å². The molecular formula is C23H22N2O2. The highest BCUT2D eigenvalue weighted by atomic mass is 16.2. The fraction of sp³-hybridized carbons (Fsp3) is 0.130. The van der Waals surface area contributed by atoms with E-state index in [9.17, 15) is 9.59 Å². The van der Waals surface area contributed by atoms with Crippen LogP contribution in [-0.4, -0.2) is 11.8 Å². The van der Waals surface area contributed by atoms with Crippen LogP contribution in [0.1, 0.15) is 29.3 Å². The number of nitrogens with one attached hydrogen (secondary N) is 2. The predicted molar refractivity (Wildman–Crippen MR) is 110 cm³/mol. The van der Waals surface area contributed by atoms with E-state index >= 15 is 0 Å². The summed E-state index contributed by atoms with van der Waals surface area (Å²) >= 11 is 0. The Morgan fingerprint density at radius 1 is 0.852 bits per heavy atom. The van der Waals surface area contributed by atoms with Crippen LogP contribution in [0.25, 0.3) is 11.1 Å². The second kappa shape index (κ2) is 8.32. The van der Waals surface area contributed by atoms with Crippen molar-refractivity contribution in [3.05, 3.63) is 83.9 Å². The van der Waals surface area contributed by atoms with Crippen LogP contribution in [0.15, 0.2) is 72.8 Å². The van der Waals surface area contributed by atoms with E-state index in [1.807, 2.05) is 80.6 Å². The monoisotopic (exact) mass is 358 g/mol. The van der Waals surface area contributed by atoms with E-state index in [4.69, 9.17) is 0 Å². The number of hydrogen-bond donors (Lipinski definition) is 2. The molecule has 0 bridgehead atoms. The Morgan fingerprint density at radius 3 is 2.26 bits per heavy atom. The van der Waals surface area contributed by atoms with Gasteiger partial charge in [-0.1, -0.05) is 55.5 Å². The number of carbonyl (C=O) groups is 2. The highest BCUT2D eigenvalue weighted by molar-refractivity contribution is 6.08. The Labute approximate surface area is 159 Å². The first-order chi connectivity index (χ1) is 13.1. The summed E-state index contributed by atoms with van der Waals surface area (Å²) < 4.78 is 0. The molecule has 2 N–H and O–H groups in total. The molecule has 0 fully saturated rings. The minimum absolute atomic E-state index is 0.0355. The Hall–Kier alpha value is -3.40. The number of carbonyl (C=O) groups excluding carboxylic acids is 2. The van der Waals surface area contributed by atoms with Gasteiger partial charge < -0.3 is 10.6 Å². The second-order valence-corrected chi connectivity index (χ2v) is 6.30. The lowest BCUT2D eigenvalue weighted by Gasteiger charge is -2.13. The Morgan fingerprint density at radius 2 is 1.56 bits per heavy atom. The maximum atomic E-state index is 12.8. The standard InChI is InChI=1S/C23H22N2O2/c1-3-22(26)25-21-14-13-18(15-16(21)2)24-23(27)20-12-8-7-11-19(20)17-9-5-4-6-10-17/h4-15H,3H2,1-2H3,(H,24,27)(H,25,26). The normalized spacial score (nSPS) is 10.3. The van der Waals surface area contributed by atoms with E-state index in [0.29, 0.717) is 17.7 Å². The summed E-state index contributed by atoms with van der Waals surface area (Å²) in [5.41, 5.74) is 4.84. The van der Waals surface area contributed by atoms with Gasteiger partial charge in [-0.3, -0.25) is 9.59 Å². The van der Waals surface area contributed by atoms with Crippen molar-refractivity contribution in [2.24, 2.45) is 0 Å². The average molecular weight is 358 g/mol. The summed E-state index contributed by atoms with van der Waals surface area (Å²) in [5, 5.41) is 5.80. The molecule has 0 atom stereocenters. The van der Waals surface area contributed by atoms with E-state index in [0.717, 1.165) is 22.4 Å². The van der Waals surface area contributed by atoms with Gasteiger partial charge in [-0.15, -0.1) is 0 Å². The molecule has 0 aliphatic rings. The molecule has 3 rings (SSSR count). The third kappa shape index (κ3) is 4.42. The van der Waals surface area contributed by atoms with Gasteiger partial charge in [-0.25, -0.2) is 0 Å². The molecule has 0 saturated carbocycles. The molecule has 3 aromatic rings. The molecule has 0 aliphatic heterocycles. The number of anilines is 2. The van der Waals surface area contributed by atoms with Gasteiger partial charge in [0.1, 0.15) is 0 Å². The molecule has 0 saturated heterocycles. The smallest absolute Gasteiger partial charge is 0.256 e. The van der Waals surface area contributed by atoms with Gasteiger partial charge in [0.15, 0.2) is 0 Å². The van der Waals surface area contributed by atoms with Crippen molar-refractivity contribution in [3.63, 3.8) is 0 Å². The molecule has 136 valence electrons. The number of rotatable bonds is 5. The van der Waals surface area contributed by atoms with Crippen LogP contribution in [0, 0.1) is 6.92 Å². The van der Waals surface area contributed by atoms with Crippen LogP contribution in [0.5, 0.6) is 0 Å². The molecule has 0 aliphatic carbocycles. The molecule has 0 aromatic heterocycles. The highest BCUT2D eigenvalue weighted by Crippen LogP contribution is 2.25. The fourth-order valence-corrected chi connectivity index (χ4v) is 2.87. The maximum Gasteiger partial charge on any atom is 0.256 e. The molecule has 0 radical (unpaired) electrons. The van der Waals surface area contributed by atoms with Gasteiger partial charge in [-0.2, -0.15) is 0 Å². The van der Waals surface area contributed by atoms with Crippen molar-refractivity contribution in [3.8, 4) is 11.1 Å². The lowest BCUT2D eigenvalue weighted by atomic mass is 9.99. The molecule has 4 heteroatoms. The van der Waals surface area contributed by atoms with Crippen LogP contribution in [0.2, 0.25) is 0 Å². The second-order valence-electron chi connectivity index (χ2n) is 6.30. The molecule has 4 nitrogen and oxygen atoms in total. The van der Waals surface area contributed by atoms with E-state index in [1.165, 1.54) is 0 Å². The third-order valence-electron chi connectivity index (χ3n) is 4.34. The average Bonchev–Trinajstić information content (AvgIpc) is 2.70. The number of benzene rings is 3. The Bertz CT molecular complexity index is 965. The van der Waals surface area contributed by atoms with Crippen LogP contribution in [0.3, 0.4) is 0 Å². The van der Waals surface area contributed by atoms with Crippen molar-refractivity contribution in [2.75, 3.05) is 10.6 Å². The third-order valence-corrected chi connectivity index (χ3v) is 4.34. The number of amides is 2. The first-order valence-corrected chi connectivity index (χ1v) is 8.94. The van der Waals surface area contributed by atoms with Gasteiger partial charge in [0, 0.05) is 23.4 Å².